The molecule has 2 aliphatic rings. The van der Waals surface area contributed by atoms with Gasteiger partial charge in [-0.3, -0.25) is 9.71 Å². The lowest BCUT2D eigenvalue weighted by Crippen LogP contribution is -2.24. The molecule has 2 N–H and O–H groups in total. The fraction of sp³-hybridized carbons (Fsp3) is 0.364. The van der Waals surface area contributed by atoms with Gasteiger partial charge in [-0.2, -0.15) is 0 Å². The Labute approximate surface area is 112 Å². The van der Waals surface area contributed by atoms with E-state index in [0.717, 1.165) is 19.5 Å². The van der Waals surface area contributed by atoms with Crippen LogP contribution in [0.4, 0.5) is 0 Å². The molecular formula is C11H14ClN3O2S. The maximum Gasteiger partial charge on any atom is 0.263 e. The highest BCUT2D eigenvalue weighted by molar-refractivity contribution is 7.90. The average Bonchev–Trinajstić information content (AvgIpc) is 2.88. The van der Waals surface area contributed by atoms with Gasteiger partial charge in [0.05, 0.1) is 10.9 Å². The molecular weight excluding hydrogens is 274 g/mol. The second kappa shape index (κ2) is 4.87. The van der Waals surface area contributed by atoms with Crippen LogP contribution in [0.5, 0.6) is 0 Å². The van der Waals surface area contributed by atoms with Crippen LogP contribution in [0, 0.1) is 0 Å². The minimum atomic E-state index is -3.40. The summed E-state index contributed by atoms with van der Waals surface area (Å²) >= 11 is 0. The van der Waals surface area contributed by atoms with Gasteiger partial charge in [0, 0.05) is 12.1 Å². The van der Waals surface area contributed by atoms with Crippen LogP contribution in [0.1, 0.15) is 12.0 Å². The Morgan fingerprint density at radius 1 is 1.28 bits per heavy atom. The highest BCUT2D eigenvalue weighted by Gasteiger charge is 2.31. The summed E-state index contributed by atoms with van der Waals surface area (Å²) in [6.45, 7) is 1.75. The molecule has 2 aliphatic heterocycles. The number of fused-ring (bicyclic) bond motifs is 1. The van der Waals surface area contributed by atoms with Crippen molar-refractivity contribution in [1.82, 2.24) is 10.0 Å². The van der Waals surface area contributed by atoms with Gasteiger partial charge < -0.3 is 5.32 Å². The van der Waals surface area contributed by atoms with Crippen molar-refractivity contribution in [3.05, 3.63) is 29.8 Å². The van der Waals surface area contributed by atoms with Gasteiger partial charge in [-0.15, -0.1) is 12.4 Å². The molecule has 7 heteroatoms. The third kappa shape index (κ3) is 2.23. The summed E-state index contributed by atoms with van der Waals surface area (Å²) in [5, 5.41) is 3.21. The molecule has 0 unspecified atom stereocenters. The Hall–Kier alpha value is -1.11. The summed E-state index contributed by atoms with van der Waals surface area (Å²) < 4.78 is 26.2. The lowest BCUT2D eigenvalue weighted by atomic mass is 10.2. The number of nitrogens with one attached hydrogen (secondary N) is 2. The van der Waals surface area contributed by atoms with E-state index in [1.165, 1.54) is 0 Å². The molecule has 0 bridgehead atoms. The van der Waals surface area contributed by atoms with Crippen LogP contribution in [-0.4, -0.2) is 33.4 Å². The van der Waals surface area contributed by atoms with E-state index in [0.29, 0.717) is 16.3 Å². The third-order valence-electron chi connectivity index (χ3n) is 3.01. The average molecular weight is 288 g/mol. The smallest absolute Gasteiger partial charge is 0.263 e. The molecule has 18 heavy (non-hydrogen) atoms. The van der Waals surface area contributed by atoms with Gasteiger partial charge in [0.15, 0.2) is 0 Å². The van der Waals surface area contributed by atoms with E-state index in [4.69, 9.17) is 0 Å². The normalized spacial score (nSPS) is 26.4. The number of nitrogens with zero attached hydrogens (tertiary/aromatic N) is 1. The first kappa shape index (κ1) is 13.3. The monoisotopic (exact) mass is 287 g/mol. The van der Waals surface area contributed by atoms with Crippen LogP contribution >= 0.6 is 12.4 Å². The van der Waals surface area contributed by atoms with Crippen molar-refractivity contribution in [2.24, 2.45) is 4.99 Å². The molecule has 1 aromatic carbocycles. The van der Waals surface area contributed by atoms with E-state index in [-0.39, 0.29) is 18.4 Å². The summed E-state index contributed by atoms with van der Waals surface area (Å²) in [6, 6.07) is 7.10. The van der Waals surface area contributed by atoms with E-state index >= 15 is 0 Å². The first-order chi connectivity index (χ1) is 8.17. The highest BCUT2D eigenvalue weighted by Crippen LogP contribution is 2.22. The fourth-order valence-electron chi connectivity index (χ4n) is 2.16. The van der Waals surface area contributed by atoms with Crippen molar-refractivity contribution >= 4 is 28.3 Å². The number of hydrogen-bond donors (Lipinski definition) is 2. The SMILES string of the molecule is Cl.O=S1(=O)NC(=N[C@@H]2CCNC2)c2ccccc21. The molecule has 98 valence electrons. The Bertz CT molecular complexity index is 580. The van der Waals surface area contributed by atoms with E-state index < -0.39 is 10.0 Å². The van der Waals surface area contributed by atoms with Crippen molar-refractivity contribution in [3.8, 4) is 0 Å². The quantitative estimate of drug-likeness (QED) is 0.791. The maximum absolute atomic E-state index is 11.8. The van der Waals surface area contributed by atoms with Crippen molar-refractivity contribution in [3.63, 3.8) is 0 Å². The van der Waals surface area contributed by atoms with Crippen LogP contribution in [0.2, 0.25) is 0 Å². The van der Waals surface area contributed by atoms with E-state index in [9.17, 15) is 8.42 Å². The van der Waals surface area contributed by atoms with Crippen LogP contribution < -0.4 is 10.0 Å². The molecule has 2 heterocycles. The van der Waals surface area contributed by atoms with Gasteiger partial charge >= 0.3 is 0 Å². The summed E-state index contributed by atoms with van der Waals surface area (Å²) in [5.41, 5.74) is 0.680. The molecule has 3 rings (SSSR count). The molecule has 0 aromatic heterocycles. The van der Waals surface area contributed by atoms with Crippen molar-refractivity contribution in [2.45, 2.75) is 17.4 Å². The predicted octanol–water partition coefficient (Wildman–Crippen LogP) is 0.509. The second-order valence-electron chi connectivity index (χ2n) is 4.23. The molecule has 0 spiro atoms. The largest absolute Gasteiger partial charge is 0.315 e. The zero-order chi connectivity index (χ0) is 11.9. The number of rotatable bonds is 1. The molecule has 1 atom stereocenters. The lowest BCUT2D eigenvalue weighted by molar-refractivity contribution is 0.595. The summed E-state index contributed by atoms with van der Waals surface area (Å²) in [5.74, 6) is 0.481. The number of amidine groups is 1. The highest BCUT2D eigenvalue weighted by atomic mass is 35.5. The number of aliphatic imine (C=N–C) groups is 1. The minimum absolute atomic E-state index is 0. The summed E-state index contributed by atoms with van der Waals surface area (Å²) in [4.78, 5) is 4.80. The zero-order valence-electron chi connectivity index (χ0n) is 9.59. The maximum atomic E-state index is 11.8. The molecule has 1 fully saturated rings. The summed E-state index contributed by atoms with van der Waals surface area (Å²) in [7, 11) is -3.40. The molecule has 1 aromatic rings. The van der Waals surface area contributed by atoms with E-state index in [1.54, 1.807) is 18.2 Å². The molecule has 1 saturated heterocycles. The van der Waals surface area contributed by atoms with Crippen LogP contribution in [0.15, 0.2) is 34.2 Å². The summed E-state index contributed by atoms with van der Waals surface area (Å²) in [6.07, 6.45) is 0.952. The van der Waals surface area contributed by atoms with Gasteiger partial charge in [-0.1, -0.05) is 12.1 Å². The van der Waals surface area contributed by atoms with E-state index in [2.05, 4.69) is 15.0 Å². The Morgan fingerprint density at radius 2 is 2.06 bits per heavy atom. The minimum Gasteiger partial charge on any atom is -0.315 e. The second-order valence-corrected chi connectivity index (χ2v) is 5.88. The number of halogens is 1. The molecule has 0 saturated carbocycles. The van der Waals surface area contributed by atoms with Gasteiger partial charge in [0.1, 0.15) is 5.84 Å². The van der Waals surface area contributed by atoms with Crippen LogP contribution in [-0.2, 0) is 10.0 Å². The number of benzene rings is 1. The van der Waals surface area contributed by atoms with Gasteiger partial charge in [-0.25, -0.2) is 8.42 Å². The van der Waals surface area contributed by atoms with Crippen molar-refractivity contribution in [2.75, 3.05) is 13.1 Å². The first-order valence-corrected chi connectivity index (χ1v) is 7.06. The third-order valence-corrected chi connectivity index (χ3v) is 4.41. The Morgan fingerprint density at radius 3 is 2.78 bits per heavy atom. The molecule has 0 aliphatic carbocycles. The van der Waals surface area contributed by atoms with Crippen molar-refractivity contribution < 1.29 is 8.42 Å². The Balaban J connectivity index is 0.00000120. The first-order valence-electron chi connectivity index (χ1n) is 5.57. The standard InChI is InChI=1S/C11H13N3O2S.ClH/c15-17(16)10-4-2-1-3-9(10)11(14-17)13-8-5-6-12-7-8;/h1-4,8,12H,5-7H2,(H,13,14);1H/t8-;/m1./s1. The topological polar surface area (TPSA) is 70.6 Å². The number of sulfonamides is 1. The molecule has 0 amide bonds. The fourth-order valence-corrected chi connectivity index (χ4v) is 3.40. The van der Waals surface area contributed by atoms with E-state index in [1.807, 2.05) is 6.07 Å². The molecule has 0 radical (unpaired) electrons. The zero-order valence-corrected chi connectivity index (χ0v) is 11.2. The van der Waals surface area contributed by atoms with Crippen molar-refractivity contribution in [1.29, 1.82) is 0 Å². The lowest BCUT2D eigenvalue weighted by Gasteiger charge is -2.03. The molecule has 5 nitrogen and oxygen atoms in total. The van der Waals surface area contributed by atoms with Gasteiger partial charge in [0.25, 0.3) is 10.0 Å². The van der Waals surface area contributed by atoms with Gasteiger partial charge in [-0.05, 0) is 25.1 Å². The van der Waals surface area contributed by atoms with Crippen LogP contribution in [0.25, 0.3) is 0 Å². The number of hydrogen-bond acceptors (Lipinski definition) is 4. The Kier molecular flexibility index (Phi) is 3.61. The van der Waals surface area contributed by atoms with Crippen LogP contribution in [0.3, 0.4) is 0 Å². The van der Waals surface area contributed by atoms with Gasteiger partial charge in [0.2, 0.25) is 0 Å². The predicted molar refractivity (Wildman–Crippen MR) is 71.8 cm³/mol.